The average molecular weight is 670 g/mol. The molecule has 51 heavy (non-hydrogen) atoms. The van der Waals surface area contributed by atoms with Crippen LogP contribution in [0.4, 0.5) is 39.8 Å². The Morgan fingerprint density at radius 2 is 1.29 bits per heavy atom. The Morgan fingerprint density at radius 3 is 2.06 bits per heavy atom. The molecule has 8 rings (SSSR count). The van der Waals surface area contributed by atoms with Crippen molar-refractivity contribution < 1.29 is 0 Å². The summed E-state index contributed by atoms with van der Waals surface area (Å²) in [5.41, 5.74) is 38.3. The van der Waals surface area contributed by atoms with Gasteiger partial charge in [-0.25, -0.2) is 9.98 Å². The molecule has 0 aromatic heterocycles. The number of nitrogens with zero attached hydrogens (tertiary/aromatic N) is 3. The molecule has 10 N–H and O–H groups in total. The first-order chi connectivity index (χ1) is 24.9. The lowest BCUT2D eigenvalue weighted by Gasteiger charge is -2.29. The van der Waals surface area contributed by atoms with Gasteiger partial charge < -0.3 is 38.5 Å². The number of amidine groups is 2. The fraction of sp³-hybridized carbons (Fsp3) is 0.0952. The molecular weight excluding hydrogens is 631 g/mol. The lowest BCUT2D eigenvalue weighted by Crippen LogP contribution is -2.34. The maximum absolute atomic E-state index is 6.74. The minimum absolute atomic E-state index is 0.0696. The summed E-state index contributed by atoms with van der Waals surface area (Å²) in [6, 6.07) is 44.2. The number of rotatable bonds is 7. The Hall–Kier alpha value is -6.74. The maximum Gasteiger partial charge on any atom is 0.159 e. The Balaban J connectivity index is 1.23. The van der Waals surface area contributed by atoms with Crippen LogP contribution in [-0.2, 0) is 0 Å². The van der Waals surface area contributed by atoms with E-state index in [-0.39, 0.29) is 6.17 Å². The van der Waals surface area contributed by atoms with E-state index in [2.05, 4.69) is 52.8 Å². The number of aliphatic imine (C=N–C) groups is 2. The van der Waals surface area contributed by atoms with Gasteiger partial charge in [0.1, 0.15) is 18.2 Å². The molecule has 2 unspecified atom stereocenters. The molecule has 2 aliphatic heterocycles. The number of fused-ring (bicyclic) bond motifs is 1. The van der Waals surface area contributed by atoms with Crippen molar-refractivity contribution in [1.29, 1.82) is 0 Å². The summed E-state index contributed by atoms with van der Waals surface area (Å²) in [6.45, 7) is 2.17. The van der Waals surface area contributed by atoms with Crippen molar-refractivity contribution in [3.63, 3.8) is 0 Å². The van der Waals surface area contributed by atoms with Crippen molar-refractivity contribution in [3.05, 3.63) is 150 Å². The topological polar surface area (TPSA) is 156 Å². The Bertz CT molecular complexity index is 2320. The minimum Gasteiger partial charge on any atom is -0.399 e. The Morgan fingerprint density at radius 1 is 0.588 bits per heavy atom. The predicted molar refractivity (Wildman–Crippen MR) is 213 cm³/mol. The van der Waals surface area contributed by atoms with Crippen molar-refractivity contribution >= 4 is 51.5 Å². The van der Waals surface area contributed by atoms with Gasteiger partial charge >= 0.3 is 0 Å². The zero-order valence-corrected chi connectivity index (χ0v) is 28.2. The molecule has 2 heterocycles. The summed E-state index contributed by atoms with van der Waals surface area (Å²) >= 11 is 0. The van der Waals surface area contributed by atoms with Gasteiger partial charge in [0.15, 0.2) is 5.84 Å². The molecule has 0 saturated heterocycles. The second kappa shape index (κ2) is 12.9. The SMILES string of the molecule is CCC1Nc2ccccc2N1c1cc(N)ccc1-c1ccc(N)c(-c2cc(C3N=C(c4ccccc4)N=C(c4ccccc4)N3)c(N)cc2N)c1. The minimum atomic E-state index is -0.533. The van der Waals surface area contributed by atoms with Gasteiger partial charge in [0, 0.05) is 56.1 Å². The van der Waals surface area contributed by atoms with E-state index in [9.17, 15) is 0 Å². The number of benzene rings is 6. The van der Waals surface area contributed by atoms with E-state index in [0.717, 1.165) is 62.4 Å². The number of nitrogens with one attached hydrogen (secondary N) is 2. The summed E-state index contributed by atoms with van der Waals surface area (Å²) in [7, 11) is 0. The van der Waals surface area contributed by atoms with Gasteiger partial charge in [-0.05, 0) is 60.5 Å². The van der Waals surface area contributed by atoms with E-state index < -0.39 is 6.17 Å². The smallest absolute Gasteiger partial charge is 0.159 e. The van der Waals surface area contributed by atoms with Crippen molar-refractivity contribution in [2.75, 3.05) is 33.2 Å². The van der Waals surface area contributed by atoms with Crippen LogP contribution in [0.1, 0.15) is 36.2 Å². The number of nitrogen functional groups attached to an aromatic ring is 4. The standard InChI is InChI=1S/C42H39N9/c1-2-39-47-36-15-9-10-16-37(36)51(39)38-22-28(43)18-19-29(38)27-17-20-33(44)30(21-27)31-23-32(35(46)24-34(31)45)42-49-40(25-11-5-3-6-12-25)48-41(50-42)26-13-7-4-8-14-26/h3-24,39,42,47H,2,43-46H2,1H3,(H,48,49,50). The highest BCUT2D eigenvalue weighted by molar-refractivity contribution is 6.13. The van der Waals surface area contributed by atoms with Crippen LogP contribution in [0.25, 0.3) is 22.3 Å². The normalized spacial score (nSPS) is 16.5. The third-order valence-electron chi connectivity index (χ3n) is 9.49. The van der Waals surface area contributed by atoms with Gasteiger partial charge in [0.2, 0.25) is 0 Å². The first kappa shape index (κ1) is 31.5. The predicted octanol–water partition coefficient (Wildman–Crippen LogP) is 8.14. The fourth-order valence-electron chi connectivity index (χ4n) is 6.94. The quantitative estimate of drug-likeness (QED) is 0.0937. The number of hydrogen-bond acceptors (Lipinski definition) is 9. The van der Waals surface area contributed by atoms with Gasteiger partial charge in [-0.3, -0.25) is 0 Å². The van der Waals surface area contributed by atoms with Crippen LogP contribution in [0.15, 0.2) is 143 Å². The lowest BCUT2D eigenvalue weighted by atomic mass is 9.93. The molecule has 6 aromatic carbocycles. The summed E-state index contributed by atoms with van der Waals surface area (Å²) in [4.78, 5) is 12.3. The lowest BCUT2D eigenvalue weighted by molar-refractivity contribution is 0.676. The molecule has 252 valence electrons. The number of hydrogen-bond donors (Lipinski definition) is 6. The van der Waals surface area contributed by atoms with Crippen LogP contribution in [0.2, 0.25) is 0 Å². The summed E-state index contributed by atoms with van der Waals surface area (Å²) in [6.07, 6.45) is 0.426. The number of para-hydroxylation sites is 2. The molecule has 6 aromatic rings. The molecular formula is C42H39N9. The third-order valence-corrected chi connectivity index (χ3v) is 9.49. The molecule has 0 aliphatic carbocycles. The van der Waals surface area contributed by atoms with Crippen LogP contribution in [0.5, 0.6) is 0 Å². The zero-order valence-electron chi connectivity index (χ0n) is 28.2. The van der Waals surface area contributed by atoms with Crippen LogP contribution in [0.3, 0.4) is 0 Å². The molecule has 0 saturated carbocycles. The largest absolute Gasteiger partial charge is 0.399 e. The van der Waals surface area contributed by atoms with Crippen molar-refractivity contribution in [2.45, 2.75) is 25.7 Å². The van der Waals surface area contributed by atoms with Gasteiger partial charge in [-0.2, -0.15) is 0 Å². The van der Waals surface area contributed by atoms with Gasteiger partial charge in [0.05, 0.1) is 17.1 Å². The van der Waals surface area contributed by atoms with Crippen LogP contribution in [0, 0.1) is 0 Å². The van der Waals surface area contributed by atoms with Crippen LogP contribution in [-0.4, -0.2) is 17.8 Å². The Kier molecular flexibility index (Phi) is 8.00. The molecule has 0 spiro atoms. The first-order valence-electron chi connectivity index (χ1n) is 17.0. The summed E-state index contributed by atoms with van der Waals surface area (Å²) < 4.78 is 0. The van der Waals surface area contributed by atoms with E-state index in [1.165, 1.54) is 0 Å². The van der Waals surface area contributed by atoms with E-state index in [1.54, 1.807) is 6.07 Å². The third kappa shape index (κ3) is 5.84. The summed E-state index contributed by atoms with van der Waals surface area (Å²) in [5.74, 6) is 1.31. The van der Waals surface area contributed by atoms with E-state index in [4.69, 9.17) is 32.9 Å². The second-order valence-electron chi connectivity index (χ2n) is 12.8. The highest BCUT2D eigenvalue weighted by atomic mass is 15.3. The van der Waals surface area contributed by atoms with Crippen LogP contribution < -0.4 is 38.5 Å². The zero-order chi connectivity index (χ0) is 35.1. The fourth-order valence-corrected chi connectivity index (χ4v) is 6.94. The monoisotopic (exact) mass is 669 g/mol. The number of anilines is 7. The van der Waals surface area contributed by atoms with E-state index in [1.807, 2.05) is 97.1 Å². The van der Waals surface area contributed by atoms with Crippen LogP contribution >= 0.6 is 0 Å². The van der Waals surface area contributed by atoms with Crippen molar-refractivity contribution in [2.24, 2.45) is 9.98 Å². The molecule has 2 aliphatic rings. The molecule has 0 amide bonds. The molecule has 2 atom stereocenters. The molecule has 0 radical (unpaired) electrons. The average Bonchev–Trinajstić information content (AvgIpc) is 3.55. The van der Waals surface area contributed by atoms with Gasteiger partial charge in [0.25, 0.3) is 0 Å². The molecule has 9 heteroatoms. The molecule has 0 bridgehead atoms. The second-order valence-corrected chi connectivity index (χ2v) is 12.8. The first-order valence-corrected chi connectivity index (χ1v) is 17.0. The molecule has 0 fully saturated rings. The van der Waals surface area contributed by atoms with E-state index >= 15 is 0 Å². The van der Waals surface area contributed by atoms with Gasteiger partial charge in [-0.15, -0.1) is 0 Å². The maximum atomic E-state index is 6.74. The molecule has 9 nitrogen and oxygen atoms in total. The highest BCUT2D eigenvalue weighted by Crippen LogP contribution is 2.46. The number of nitrogens with two attached hydrogens (primary N) is 4. The Labute approximate surface area is 297 Å². The highest BCUT2D eigenvalue weighted by Gasteiger charge is 2.30. The van der Waals surface area contributed by atoms with Gasteiger partial charge in [-0.1, -0.05) is 91.9 Å². The summed E-state index contributed by atoms with van der Waals surface area (Å²) in [5, 5.41) is 7.19. The van der Waals surface area contributed by atoms with E-state index in [0.29, 0.717) is 34.4 Å². The van der Waals surface area contributed by atoms with Crippen molar-refractivity contribution in [1.82, 2.24) is 5.32 Å². The van der Waals surface area contributed by atoms with Crippen molar-refractivity contribution in [3.8, 4) is 22.3 Å².